The van der Waals surface area contributed by atoms with Crippen LogP contribution in [-0.4, -0.2) is 23.4 Å². The van der Waals surface area contributed by atoms with Crippen molar-refractivity contribution in [3.05, 3.63) is 33.8 Å². The molecular weight excluding hydrogens is 318 g/mol. The second-order valence-electron chi connectivity index (χ2n) is 5.21. The number of carbonyl (C=O) groups excluding carboxylic acids is 1. The predicted octanol–water partition coefficient (Wildman–Crippen LogP) is 2.55. The van der Waals surface area contributed by atoms with E-state index in [1.54, 1.807) is 0 Å². The zero-order valence-corrected chi connectivity index (χ0v) is 12.9. The molecule has 1 aliphatic heterocycles. The van der Waals surface area contributed by atoms with Crippen LogP contribution in [0.25, 0.3) is 0 Å². The van der Waals surface area contributed by atoms with E-state index >= 15 is 0 Å². The number of amides is 1. The molecule has 1 heterocycles. The Morgan fingerprint density at radius 1 is 1.50 bits per heavy atom. The Kier molecular flexibility index (Phi) is 5.16. The molecule has 0 aromatic heterocycles. The normalized spacial score (nSPS) is 19.5. The van der Waals surface area contributed by atoms with Crippen molar-refractivity contribution in [1.82, 2.24) is 4.90 Å². The molecule has 2 N–H and O–H groups in total. The number of benzene rings is 1. The van der Waals surface area contributed by atoms with Gasteiger partial charge in [-0.1, -0.05) is 28.4 Å². The quantitative estimate of drug-likeness (QED) is 0.919. The van der Waals surface area contributed by atoms with Gasteiger partial charge >= 0.3 is 0 Å². The molecule has 20 heavy (non-hydrogen) atoms. The summed E-state index contributed by atoms with van der Waals surface area (Å²) in [7, 11) is 0. The van der Waals surface area contributed by atoms with Gasteiger partial charge < -0.3 is 5.73 Å². The minimum atomic E-state index is -0.235. The molecule has 1 atom stereocenters. The van der Waals surface area contributed by atoms with Crippen LogP contribution in [0.4, 0.5) is 0 Å². The lowest BCUT2D eigenvalue weighted by Crippen LogP contribution is -2.41. The number of nitriles is 1. The van der Waals surface area contributed by atoms with Crippen LogP contribution in [0.1, 0.15) is 36.8 Å². The summed E-state index contributed by atoms with van der Waals surface area (Å²) in [6.45, 7) is 1.77. The monoisotopic (exact) mass is 335 g/mol. The van der Waals surface area contributed by atoms with Crippen LogP contribution >= 0.6 is 15.9 Å². The van der Waals surface area contributed by atoms with Gasteiger partial charge in [-0.05, 0) is 37.1 Å². The van der Waals surface area contributed by atoms with E-state index in [4.69, 9.17) is 11.0 Å². The predicted molar refractivity (Wildman–Crippen MR) is 80.7 cm³/mol. The summed E-state index contributed by atoms with van der Waals surface area (Å²) in [6.07, 6.45) is 3.76. The second-order valence-corrected chi connectivity index (χ2v) is 6.06. The van der Waals surface area contributed by atoms with Crippen molar-refractivity contribution in [1.29, 1.82) is 5.26 Å². The number of halogens is 1. The van der Waals surface area contributed by atoms with Crippen LogP contribution in [0.3, 0.4) is 0 Å². The largest absolute Gasteiger partial charge is 0.370 e. The van der Waals surface area contributed by atoms with E-state index in [1.165, 1.54) is 0 Å². The lowest BCUT2D eigenvalue weighted by Gasteiger charge is -2.35. The second kappa shape index (κ2) is 6.87. The Balaban J connectivity index is 2.10. The summed E-state index contributed by atoms with van der Waals surface area (Å²) in [5, 5.41) is 8.88. The van der Waals surface area contributed by atoms with E-state index in [1.807, 2.05) is 18.2 Å². The van der Waals surface area contributed by atoms with Crippen molar-refractivity contribution < 1.29 is 4.79 Å². The molecule has 1 amide bonds. The molecule has 1 aliphatic rings. The Labute approximate surface area is 127 Å². The summed E-state index contributed by atoms with van der Waals surface area (Å²) in [5.74, 6) is -0.235. The van der Waals surface area contributed by atoms with Crippen molar-refractivity contribution in [3.63, 3.8) is 0 Å². The fourth-order valence-corrected chi connectivity index (χ4v) is 3.20. The number of nitrogens with two attached hydrogens (primary N) is 1. The van der Waals surface area contributed by atoms with Gasteiger partial charge in [0.2, 0.25) is 5.91 Å². The highest BCUT2D eigenvalue weighted by Crippen LogP contribution is 2.25. The molecule has 5 heteroatoms. The zero-order chi connectivity index (χ0) is 14.5. The van der Waals surface area contributed by atoms with Crippen LogP contribution in [0.15, 0.2) is 22.7 Å². The van der Waals surface area contributed by atoms with Gasteiger partial charge in [0.05, 0.1) is 11.6 Å². The van der Waals surface area contributed by atoms with Gasteiger partial charge in [-0.15, -0.1) is 0 Å². The summed E-state index contributed by atoms with van der Waals surface area (Å²) in [6, 6.07) is 8.00. The molecular formula is C15H18BrN3O. The van der Waals surface area contributed by atoms with Gasteiger partial charge in [-0.2, -0.15) is 5.26 Å². The van der Waals surface area contributed by atoms with Gasteiger partial charge in [0.1, 0.15) is 0 Å². The van der Waals surface area contributed by atoms with Gasteiger partial charge in [-0.3, -0.25) is 9.69 Å². The average Bonchev–Trinajstić information content (AvgIpc) is 2.42. The Morgan fingerprint density at radius 2 is 2.30 bits per heavy atom. The number of likely N-dealkylation sites (tertiary alicyclic amines) is 1. The first kappa shape index (κ1) is 15.0. The highest BCUT2D eigenvalue weighted by atomic mass is 79.9. The van der Waals surface area contributed by atoms with Crippen molar-refractivity contribution in [3.8, 4) is 6.07 Å². The molecule has 0 aliphatic carbocycles. The zero-order valence-electron chi connectivity index (χ0n) is 11.3. The molecule has 0 saturated carbocycles. The first-order valence-electron chi connectivity index (χ1n) is 6.81. The van der Waals surface area contributed by atoms with E-state index in [9.17, 15) is 4.79 Å². The molecule has 1 fully saturated rings. The first-order valence-corrected chi connectivity index (χ1v) is 7.60. The molecule has 4 nitrogen and oxygen atoms in total. The lowest BCUT2D eigenvalue weighted by atomic mass is 9.98. The Bertz CT molecular complexity index is 538. The molecule has 0 radical (unpaired) electrons. The summed E-state index contributed by atoms with van der Waals surface area (Å²) in [5.41, 5.74) is 7.12. The first-order chi connectivity index (χ1) is 9.60. The van der Waals surface area contributed by atoms with Gasteiger partial charge in [0.25, 0.3) is 0 Å². The topological polar surface area (TPSA) is 70.1 Å². The van der Waals surface area contributed by atoms with Crippen molar-refractivity contribution in [2.75, 3.05) is 6.54 Å². The van der Waals surface area contributed by atoms with Gasteiger partial charge in [0, 0.05) is 23.5 Å². The molecule has 2 rings (SSSR count). The number of hydrogen-bond donors (Lipinski definition) is 1. The fourth-order valence-electron chi connectivity index (χ4n) is 2.70. The lowest BCUT2D eigenvalue weighted by molar-refractivity contribution is -0.119. The van der Waals surface area contributed by atoms with E-state index < -0.39 is 0 Å². The third-order valence-corrected chi connectivity index (χ3v) is 4.48. The smallest absolute Gasteiger partial charge is 0.218 e. The molecule has 0 bridgehead atoms. The minimum absolute atomic E-state index is 0.235. The van der Waals surface area contributed by atoms with Crippen LogP contribution in [-0.2, 0) is 11.3 Å². The third-order valence-electron chi connectivity index (χ3n) is 3.74. The van der Waals surface area contributed by atoms with Crippen LogP contribution < -0.4 is 5.73 Å². The number of nitrogens with zero attached hydrogens (tertiary/aromatic N) is 2. The van der Waals surface area contributed by atoms with Crippen molar-refractivity contribution in [2.45, 2.75) is 38.3 Å². The van der Waals surface area contributed by atoms with Crippen molar-refractivity contribution in [2.24, 2.45) is 5.73 Å². The van der Waals surface area contributed by atoms with Gasteiger partial charge in [0.15, 0.2) is 0 Å². The molecule has 0 spiro atoms. The highest BCUT2D eigenvalue weighted by molar-refractivity contribution is 9.10. The van der Waals surface area contributed by atoms with Gasteiger partial charge in [-0.25, -0.2) is 0 Å². The summed E-state index contributed by atoms with van der Waals surface area (Å²) in [4.78, 5) is 13.5. The minimum Gasteiger partial charge on any atom is -0.370 e. The number of carbonyl (C=O) groups is 1. The van der Waals surface area contributed by atoms with Crippen LogP contribution in [0.2, 0.25) is 0 Å². The fraction of sp³-hybridized carbons (Fsp3) is 0.467. The maximum absolute atomic E-state index is 11.2. The number of rotatable bonds is 4. The number of primary amides is 1. The SMILES string of the molecule is N#Cc1ccc(CN2CCCCC2CC(N)=O)c(Br)c1. The molecule has 1 unspecified atom stereocenters. The Hall–Kier alpha value is -1.38. The van der Waals surface area contributed by atoms with Crippen LogP contribution in [0, 0.1) is 11.3 Å². The van der Waals surface area contributed by atoms with E-state index in [0.717, 1.165) is 42.4 Å². The standard InChI is InChI=1S/C15H18BrN3O/c16-14-7-11(9-17)4-5-12(14)10-19-6-2-1-3-13(19)8-15(18)20/h4-5,7,13H,1-3,6,8,10H2,(H2,18,20). The summed E-state index contributed by atoms with van der Waals surface area (Å²) >= 11 is 3.52. The maximum atomic E-state index is 11.2. The molecule has 1 aromatic rings. The molecule has 106 valence electrons. The van der Waals surface area contributed by atoms with E-state index in [-0.39, 0.29) is 11.9 Å². The number of piperidine rings is 1. The van der Waals surface area contributed by atoms with Crippen LogP contribution in [0.5, 0.6) is 0 Å². The highest BCUT2D eigenvalue weighted by Gasteiger charge is 2.24. The third kappa shape index (κ3) is 3.81. The van der Waals surface area contributed by atoms with Crippen molar-refractivity contribution >= 4 is 21.8 Å². The molecule has 1 aromatic carbocycles. The Morgan fingerprint density at radius 3 is 2.95 bits per heavy atom. The average molecular weight is 336 g/mol. The number of hydrogen-bond acceptors (Lipinski definition) is 3. The molecule has 1 saturated heterocycles. The van der Waals surface area contributed by atoms with E-state index in [0.29, 0.717) is 12.0 Å². The summed E-state index contributed by atoms with van der Waals surface area (Å²) < 4.78 is 0.944. The maximum Gasteiger partial charge on any atom is 0.218 e. The van der Waals surface area contributed by atoms with E-state index in [2.05, 4.69) is 26.9 Å².